The summed E-state index contributed by atoms with van der Waals surface area (Å²) in [5.74, 6) is -0.924. The minimum atomic E-state index is -0.855. The predicted octanol–water partition coefficient (Wildman–Crippen LogP) is 3.49. The summed E-state index contributed by atoms with van der Waals surface area (Å²) in [6, 6.07) is 9.66. The first kappa shape index (κ1) is 13.1. The van der Waals surface area contributed by atoms with E-state index in [1.54, 1.807) is 0 Å². The van der Waals surface area contributed by atoms with Gasteiger partial charge in [-0.25, -0.2) is 8.78 Å². The summed E-state index contributed by atoms with van der Waals surface area (Å²) < 4.78 is 31.7. The molecule has 1 aliphatic carbocycles. The number of rotatable bonds is 3. The van der Waals surface area contributed by atoms with Crippen molar-refractivity contribution in [1.82, 2.24) is 0 Å². The molecule has 20 heavy (non-hydrogen) atoms. The second-order valence-corrected chi connectivity index (χ2v) is 5.01. The molecule has 0 heterocycles. The fourth-order valence-corrected chi connectivity index (χ4v) is 2.58. The molecule has 104 valence electrons. The molecule has 3 rings (SSSR count). The van der Waals surface area contributed by atoms with Crippen molar-refractivity contribution in [2.45, 2.75) is 25.5 Å². The fraction of sp³-hybridized carbons (Fsp3) is 0.250. The third-order valence-electron chi connectivity index (χ3n) is 3.65. The second-order valence-electron chi connectivity index (χ2n) is 5.01. The van der Waals surface area contributed by atoms with Crippen LogP contribution in [-0.2, 0) is 13.0 Å². The van der Waals surface area contributed by atoms with Crippen molar-refractivity contribution >= 4 is 0 Å². The Hall–Kier alpha value is -1.94. The van der Waals surface area contributed by atoms with Crippen LogP contribution in [0.2, 0.25) is 0 Å². The van der Waals surface area contributed by atoms with Crippen LogP contribution in [0.25, 0.3) is 0 Å². The lowest BCUT2D eigenvalue weighted by atomic mass is 10.1. The molecule has 2 aromatic carbocycles. The van der Waals surface area contributed by atoms with Crippen molar-refractivity contribution < 1.29 is 13.5 Å². The van der Waals surface area contributed by atoms with E-state index in [0.717, 1.165) is 41.9 Å². The first-order chi connectivity index (χ1) is 9.65. The van der Waals surface area contributed by atoms with E-state index in [0.29, 0.717) is 5.56 Å². The van der Waals surface area contributed by atoms with Gasteiger partial charge in [-0.15, -0.1) is 0 Å². The van der Waals surface area contributed by atoms with Crippen LogP contribution < -0.4 is 10.5 Å². The largest absolute Gasteiger partial charge is 0.489 e. The normalized spacial score (nSPS) is 17.1. The van der Waals surface area contributed by atoms with Gasteiger partial charge in [-0.05, 0) is 47.7 Å². The zero-order chi connectivity index (χ0) is 14.1. The van der Waals surface area contributed by atoms with Gasteiger partial charge in [-0.2, -0.15) is 0 Å². The summed E-state index contributed by atoms with van der Waals surface area (Å²) in [5.41, 5.74) is 8.86. The lowest BCUT2D eigenvalue weighted by molar-refractivity contribution is 0.302. The molecule has 2 N–H and O–H groups in total. The molecule has 0 saturated carbocycles. The Morgan fingerprint density at radius 1 is 1.15 bits per heavy atom. The molecule has 0 spiro atoms. The van der Waals surface area contributed by atoms with Crippen LogP contribution in [0.5, 0.6) is 5.75 Å². The third-order valence-corrected chi connectivity index (χ3v) is 3.65. The summed E-state index contributed by atoms with van der Waals surface area (Å²) in [6.07, 6.45) is 1.81. The van der Waals surface area contributed by atoms with Crippen molar-refractivity contribution in [3.05, 3.63) is 64.7 Å². The molecule has 0 radical (unpaired) electrons. The van der Waals surface area contributed by atoms with E-state index in [1.807, 2.05) is 18.2 Å². The standard InChI is InChI=1S/C16H15F2NO/c17-13-6-4-10(8-14(13)18)9-20-16-3-1-2-11-12(16)5-7-15(11)19/h1-4,6,8,15H,5,7,9,19H2. The van der Waals surface area contributed by atoms with Crippen LogP contribution in [0, 0.1) is 11.6 Å². The van der Waals surface area contributed by atoms with Crippen molar-refractivity contribution in [3.63, 3.8) is 0 Å². The number of nitrogens with two attached hydrogens (primary N) is 1. The molecular weight excluding hydrogens is 260 g/mol. The molecule has 0 aromatic heterocycles. The van der Waals surface area contributed by atoms with Gasteiger partial charge in [-0.1, -0.05) is 18.2 Å². The Bertz CT molecular complexity index is 642. The van der Waals surface area contributed by atoms with Crippen molar-refractivity contribution in [1.29, 1.82) is 0 Å². The molecular formula is C16H15F2NO. The summed E-state index contributed by atoms with van der Waals surface area (Å²) in [5, 5.41) is 0. The van der Waals surface area contributed by atoms with E-state index in [2.05, 4.69) is 0 Å². The molecule has 0 fully saturated rings. The van der Waals surface area contributed by atoms with Crippen LogP contribution in [0.1, 0.15) is 29.2 Å². The third kappa shape index (κ3) is 2.39. The Balaban J connectivity index is 1.77. The van der Waals surface area contributed by atoms with Gasteiger partial charge < -0.3 is 10.5 Å². The Morgan fingerprint density at radius 2 is 2.00 bits per heavy atom. The molecule has 4 heteroatoms. The SMILES string of the molecule is NC1CCc2c(OCc3ccc(F)c(F)c3)cccc21. The maximum absolute atomic E-state index is 13.1. The highest BCUT2D eigenvalue weighted by atomic mass is 19.2. The summed E-state index contributed by atoms with van der Waals surface area (Å²) in [7, 11) is 0. The van der Waals surface area contributed by atoms with E-state index in [4.69, 9.17) is 10.5 Å². The van der Waals surface area contributed by atoms with Crippen LogP contribution in [0.4, 0.5) is 8.78 Å². The molecule has 1 aliphatic rings. The Morgan fingerprint density at radius 3 is 2.80 bits per heavy atom. The van der Waals surface area contributed by atoms with Gasteiger partial charge in [0.1, 0.15) is 12.4 Å². The summed E-state index contributed by atoms with van der Waals surface area (Å²) in [6.45, 7) is 0.211. The first-order valence-electron chi connectivity index (χ1n) is 6.59. The average molecular weight is 275 g/mol. The van der Waals surface area contributed by atoms with E-state index in [1.165, 1.54) is 6.07 Å². The van der Waals surface area contributed by atoms with E-state index in [-0.39, 0.29) is 12.6 Å². The lowest BCUT2D eigenvalue weighted by Crippen LogP contribution is -2.05. The van der Waals surface area contributed by atoms with Crippen LogP contribution >= 0.6 is 0 Å². The number of hydrogen-bond donors (Lipinski definition) is 1. The number of benzene rings is 2. The van der Waals surface area contributed by atoms with Crippen molar-refractivity contribution in [2.24, 2.45) is 5.73 Å². The number of ether oxygens (including phenoxy) is 1. The van der Waals surface area contributed by atoms with Crippen molar-refractivity contribution in [3.8, 4) is 5.75 Å². The van der Waals surface area contributed by atoms with Gasteiger partial charge in [0.25, 0.3) is 0 Å². The van der Waals surface area contributed by atoms with Gasteiger partial charge in [-0.3, -0.25) is 0 Å². The highest BCUT2D eigenvalue weighted by Crippen LogP contribution is 2.35. The minimum Gasteiger partial charge on any atom is -0.489 e. The van der Waals surface area contributed by atoms with Crippen LogP contribution in [0.3, 0.4) is 0 Å². The highest BCUT2D eigenvalue weighted by molar-refractivity contribution is 5.45. The number of hydrogen-bond acceptors (Lipinski definition) is 2. The monoisotopic (exact) mass is 275 g/mol. The van der Waals surface area contributed by atoms with Gasteiger partial charge >= 0.3 is 0 Å². The number of fused-ring (bicyclic) bond motifs is 1. The molecule has 0 aliphatic heterocycles. The smallest absolute Gasteiger partial charge is 0.159 e. The summed E-state index contributed by atoms with van der Waals surface area (Å²) >= 11 is 0. The molecule has 2 aromatic rings. The maximum atomic E-state index is 13.1. The van der Waals surface area contributed by atoms with Crippen LogP contribution in [-0.4, -0.2) is 0 Å². The Labute approximate surface area is 116 Å². The lowest BCUT2D eigenvalue weighted by Gasteiger charge is -2.12. The molecule has 1 unspecified atom stereocenters. The second kappa shape index (κ2) is 5.21. The highest BCUT2D eigenvalue weighted by Gasteiger charge is 2.22. The van der Waals surface area contributed by atoms with Crippen LogP contribution in [0.15, 0.2) is 36.4 Å². The maximum Gasteiger partial charge on any atom is 0.159 e. The van der Waals surface area contributed by atoms with Gasteiger partial charge in [0, 0.05) is 6.04 Å². The Kier molecular flexibility index (Phi) is 3.40. The van der Waals surface area contributed by atoms with Gasteiger partial charge in [0.15, 0.2) is 11.6 Å². The van der Waals surface area contributed by atoms with Crippen molar-refractivity contribution in [2.75, 3.05) is 0 Å². The topological polar surface area (TPSA) is 35.2 Å². The molecule has 0 amide bonds. The number of halogens is 2. The quantitative estimate of drug-likeness (QED) is 0.930. The average Bonchev–Trinajstić information content (AvgIpc) is 2.83. The molecule has 1 atom stereocenters. The van der Waals surface area contributed by atoms with E-state index >= 15 is 0 Å². The summed E-state index contributed by atoms with van der Waals surface area (Å²) in [4.78, 5) is 0. The first-order valence-corrected chi connectivity index (χ1v) is 6.59. The predicted molar refractivity (Wildman–Crippen MR) is 72.4 cm³/mol. The van der Waals surface area contributed by atoms with Gasteiger partial charge in [0.2, 0.25) is 0 Å². The van der Waals surface area contributed by atoms with Gasteiger partial charge in [0.05, 0.1) is 0 Å². The molecule has 2 nitrogen and oxygen atoms in total. The fourth-order valence-electron chi connectivity index (χ4n) is 2.58. The molecule has 0 saturated heterocycles. The van der Waals surface area contributed by atoms with E-state index < -0.39 is 11.6 Å². The zero-order valence-electron chi connectivity index (χ0n) is 10.9. The van der Waals surface area contributed by atoms with E-state index in [9.17, 15) is 8.78 Å². The molecule has 0 bridgehead atoms. The zero-order valence-corrected chi connectivity index (χ0v) is 10.9. The minimum absolute atomic E-state index is 0.0665.